The van der Waals surface area contributed by atoms with Crippen LogP contribution in [0.1, 0.15) is 25.2 Å². The summed E-state index contributed by atoms with van der Waals surface area (Å²) >= 11 is 5.88. The van der Waals surface area contributed by atoms with Gasteiger partial charge in [-0.15, -0.1) is 11.6 Å². The summed E-state index contributed by atoms with van der Waals surface area (Å²) in [6.45, 7) is 4.45. The van der Waals surface area contributed by atoms with Gasteiger partial charge in [0.05, 0.1) is 22.4 Å². The standard InChI is InChI=1S/C19H19ClN4O3/c1-12(2)27-15-6-3-13(4-7-15)11-21-19-16-9-14(24(25)26)5-8-17(16)22-18(10-20)23-19/h3-9,12H,10-11H2,1-2H3,(H,21,22,23). The van der Waals surface area contributed by atoms with E-state index in [0.29, 0.717) is 29.1 Å². The van der Waals surface area contributed by atoms with Crippen molar-refractivity contribution in [1.29, 1.82) is 0 Å². The first-order valence-electron chi connectivity index (χ1n) is 8.47. The summed E-state index contributed by atoms with van der Waals surface area (Å²) < 4.78 is 5.64. The number of aromatic nitrogens is 2. The Labute approximate surface area is 161 Å². The third-order valence-electron chi connectivity index (χ3n) is 3.81. The van der Waals surface area contributed by atoms with E-state index in [-0.39, 0.29) is 17.7 Å². The number of ether oxygens (including phenoxy) is 1. The van der Waals surface area contributed by atoms with Crippen LogP contribution in [0.15, 0.2) is 42.5 Å². The molecule has 1 N–H and O–H groups in total. The van der Waals surface area contributed by atoms with Gasteiger partial charge in [-0.25, -0.2) is 9.97 Å². The van der Waals surface area contributed by atoms with Gasteiger partial charge < -0.3 is 10.1 Å². The molecule has 2 aromatic carbocycles. The molecule has 0 aliphatic heterocycles. The molecule has 0 atom stereocenters. The van der Waals surface area contributed by atoms with E-state index >= 15 is 0 Å². The number of anilines is 1. The summed E-state index contributed by atoms with van der Waals surface area (Å²) in [5.74, 6) is 1.94. The number of fused-ring (bicyclic) bond motifs is 1. The number of nitro groups is 1. The largest absolute Gasteiger partial charge is 0.491 e. The lowest BCUT2D eigenvalue weighted by molar-refractivity contribution is -0.384. The third kappa shape index (κ3) is 4.62. The van der Waals surface area contributed by atoms with Gasteiger partial charge in [-0.05, 0) is 37.6 Å². The quantitative estimate of drug-likeness (QED) is 0.360. The Bertz CT molecular complexity index is 961. The van der Waals surface area contributed by atoms with Crippen molar-refractivity contribution < 1.29 is 9.66 Å². The summed E-state index contributed by atoms with van der Waals surface area (Å²) in [6.07, 6.45) is 0.117. The second-order valence-electron chi connectivity index (χ2n) is 6.24. The minimum absolute atomic E-state index is 0.0111. The van der Waals surface area contributed by atoms with Gasteiger partial charge in [0.2, 0.25) is 0 Å². The Morgan fingerprint density at radius 2 is 1.93 bits per heavy atom. The average molecular weight is 387 g/mol. The van der Waals surface area contributed by atoms with E-state index in [2.05, 4.69) is 15.3 Å². The summed E-state index contributed by atoms with van der Waals surface area (Å²) in [6, 6.07) is 12.2. The number of benzene rings is 2. The zero-order chi connectivity index (χ0) is 19.4. The Kier molecular flexibility index (Phi) is 5.71. The first kappa shape index (κ1) is 18.8. The molecule has 0 aliphatic rings. The summed E-state index contributed by atoms with van der Waals surface area (Å²) in [5, 5.41) is 14.9. The monoisotopic (exact) mass is 386 g/mol. The van der Waals surface area contributed by atoms with Crippen molar-refractivity contribution in [2.45, 2.75) is 32.4 Å². The van der Waals surface area contributed by atoms with E-state index in [9.17, 15) is 10.1 Å². The van der Waals surface area contributed by atoms with Gasteiger partial charge in [0.15, 0.2) is 0 Å². The van der Waals surface area contributed by atoms with Crippen molar-refractivity contribution in [3.63, 3.8) is 0 Å². The maximum Gasteiger partial charge on any atom is 0.270 e. The maximum absolute atomic E-state index is 11.1. The van der Waals surface area contributed by atoms with E-state index in [4.69, 9.17) is 16.3 Å². The molecule has 3 aromatic rings. The molecule has 0 saturated heterocycles. The zero-order valence-electron chi connectivity index (χ0n) is 15.0. The number of hydrogen-bond donors (Lipinski definition) is 1. The Morgan fingerprint density at radius 3 is 2.56 bits per heavy atom. The zero-order valence-corrected chi connectivity index (χ0v) is 15.7. The molecular weight excluding hydrogens is 368 g/mol. The van der Waals surface area contributed by atoms with Crippen LogP contribution in [0.2, 0.25) is 0 Å². The molecule has 0 radical (unpaired) electrons. The van der Waals surface area contributed by atoms with Crippen LogP contribution in [0.4, 0.5) is 11.5 Å². The predicted octanol–water partition coefficient (Wildman–Crippen LogP) is 4.68. The highest BCUT2D eigenvalue weighted by atomic mass is 35.5. The van der Waals surface area contributed by atoms with E-state index in [1.807, 2.05) is 38.1 Å². The van der Waals surface area contributed by atoms with Gasteiger partial charge in [-0.2, -0.15) is 0 Å². The number of nitrogens with one attached hydrogen (secondary N) is 1. The van der Waals surface area contributed by atoms with Crippen molar-refractivity contribution in [2.75, 3.05) is 5.32 Å². The summed E-state index contributed by atoms with van der Waals surface area (Å²) in [5.41, 5.74) is 1.62. The molecule has 0 amide bonds. The van der Waals surface area contributed by atoms with Crippen LogP contribution in [0.5, 0.6) is 5.75 Å². The average Bonchev–Trinajstić information content (AvgIpc) is 2.66. The highest BCUT2D eigenvalue weighted by Gasteiger charge is 2.13. The molecule has 0 fully saturated rings. The van der Waals surface area contributed by atoms with Crippen LogP contribution in [0.25, 0.3) is 10.9 Å². The normalized spacial score (nSPS) is 11.0. The lowest BCUT2D eigenvalue weighted by Crippen LogP contribution is -2.07. The van der Waals surface area contributed by atoms with Gasteiger partial charge in [0, 0.05) is 24.1 Å². The molecule has 1 heterocycles. The lowest BCUT2D eigenvalue weighted by atomic mass is 10.2. The van der Waals surface area contributed by atoms with Gasteiger partial charge in [0.1, 0.15) is 17.4 Å². The minimum Gasteiger partial charge on any atom is -0.491 e. The van der Waals surface area contributed by atoms with E-state index in [0.717, 1.165) is 11.3 Å². The van der Waals surface area contributed by atoms with Gasteiger partial charge in [-0.1, -0.05) is 12.1 Å². The number of halogens is 1. The van der Waals surface area contributed by atoms with E-state index < -0.39 is 4.92 Å². The molecule has 0 saturated carbocycles. The summed E-state index contributed by atoms with van der Waals surface area (Å²) in [7, 11) is 0. The molecule has 3 rings (SSSR count). The maximum atomic E-state index is 11.1. The fourth-order valence-electron chi connectivity index (χ4n) is 2.62. The van der Waals surface area contributed by atoms with Crippen LogP contribution >= 0.6 is 11.6 Å². The molecule has 140 valence electrons. The minimum atomic E-state index is -0.438. The lowest BCUT2D eigenvalue weighted by Gasteiger charge is -2.12. The first-order chi connectivity index (χ1) is 13.0. The second kappa shape index (κ2) is 8.18. The molecule has 1 aromatic heterocycles. The molecule has 0 spiro atoms. The van der Waals surface area contributed by atoms with Crippen molar-refractivity contribution in [1.82, 2.24) is 9.97 Å². The smallest absolute Gasteiger partial charge is 0.270 e. The van der Waals surface area contributed by atoms with Gasteiger partial charge in [0.25, 0.3) is 5.69 Å². The topological polar surface area (TPSA) is 90.2 Å². The van der Waals surface area contributed by atoms with Gasteiger partial charge >= 0.3 is 0 Å². The molecule has 0 bridgehead atoms. The van der Waals surface area contributed by atoms with Crippen molar-refractivity contribution >= 4 is 34.0 Å². The molecule has 0 aliphatic carbocycles. The number of alkyl halides is 1. The number of non-ortho nitro benzene ring substituents is 1. The number of nitro benzene ring substituents is 1. The fourth-order valence-corrected chi connectivity index (χ4v) is 2.74. The number of nitrogens with zero attached hydrogens (tertiary/aromatic N) is 3. The Hall–Kier alpha value is -2.93. The Morgan fingerprint density at radius 1 is 1.19 bits per heavy atom. The third-order valence-corrected chi connectivity index (χ3v) is 4.05. The van der Waals surface area contributed by atoms with Crippen molar-refractivity contribution in [3.8, 4) is 5.75 Å². The molecule has 27 heavy (non-hydrogen) atoms. The number of hydrogen-bond acceptors (Lipinski definition) is 6. The SMILES string of the molecule is CC(C)Oc1ccc(CNc2nc(CCl)nc3ccc([N+](=O)[O-])cc23)cc1. The van der Waals surface area contributed by atoms with Crippen LogP contribution < -0.4 is 10.1 Å². The van der Waals surface area contributed by atoms with E-state index in [1.165, 1.54) is 12.1 Å². The van der Waals surface area contributed by atoms with Crippen molar-refractivity contribution in [2.24, 2.45) is 0 Å². The van der Waals surface area contributed by atoms with Crippen LogP contribution in [-0.2, 0) is 12.4 Å². The highest BCUT2D eigenvalue weighted by molar-refractivity contribution is 6.16. The molecule has 0 unspecified atom stereocenters. The number of rotatable bonds is 7. The fraction of sp³-hybridized carbons (Fsp3) is 0.263. The van der Waals surface area contributed by atoms with Crippen LogP contribution in [0.3, 0.4) is 0 Å². The van der Waals surface area contributed by atoms with Gasteiger partial charge in [-0.3, -0.25) is 10.1 Å². The highest BCUT2D eigenvalue weighted by Crippen LogP contribution is 2.26. The van der Waals surface area contributed by atoms with Crippen LogP contribution in [0, 0.1) is 10.1 Å². The van der Waals surface area contributed by atoms with E-state index in [1.54, 1.807) is 6.07 Å². The molecule has 7 nitrogen and oxygen atoms in total. The summed E-state index contributed by atoms with van der Waals surface area (Å²) in [4.78, 5) is 19.4. The Balaban J connectivity index is 1.86. The molecule has 8 heteroatoms. The van der Waals surface area contributed by atoms with Crippen LogP contribution in [-0.4, -0.2) is 21.0 Å². The second-order valence-corrected chi connectivity index (χ2v) is 6.51. The van der Waals surface area contributed by atoms with Crippen molar-refractivity contribution in [3.05, 3.63) is 64.0 Å². The molecular formula is C19H19ClN4O3. The first-order valence-corrected chi connectivity index (χ1v) is 9.00. The predicted molar refractivity (Wildman–Crippen MR) is 105 cm³/mol.